The number of aliphatic hydroxyl groups is 1. The van der Waals surface area contributed by atoms with Gasteiger partial charge in [0.2, 0.25) is 11.4 Å². The van der Waals surface area contributed by atoms with Crippen LogP contribution in [0, 0.1) is 5.92 Å². The number of carbonyl (C=O) groups excluding carboxylic acids is 1. The van der Waals surface area contributed by atoms with Crippen LogP contribution in [0.4, 0.5) is 0 Å². The summed E-state index contributed by atoms with van der Waals surface area (Å²) in [6, 6.07) is 3.30. The lowest BCUT2D eigenvalue weighted by atomic mass is 9.74. The lowest BCUT2D eigenvalue weighted by molar-refractivity contribution is -0.0385. The maximum atomic E-state index is 12.9. The van der Waals surface area contributed by atoms with Crippen LogP contribution in [0.1, 0.15) is 23.7 Å². The number of hydrogen-bond donors (Lipinski definition) is 1. The van der Waals surface area contributed by atoms with Gasteiger partial charge in [0.25, 0.3) is 0 Å². The van der Waals surface area contributed by atoms with Gasteiger partial charge in [0.1, 0.15) is 28.9 Å². The van der Waals surface area contributed by atoms with Gasteiger partial charge in [-0.15, -0.1) is 0 Å². The minimum atomic E-state index is -1.27. The number of benzene rings is 1. The maximum Gasteiger partial charge on any atom is 0.217 e. The second-order valence-corrected chi connectivity index (χ2v) is 5.44. The van der Waals surface area contributed by atoms with Gasteiger partial charge in [-0.2, -0.15) is 0 Å². The summed E-state index contributed by atoms with van der Waals surface area (Å²) in [6.45, 7) is 1.90. The van der Waals surface area contributed by atoms with Gasteiger partial charge < -0.3 is 19.3 Å². The molecule has 0 amide bonds. The fourth-order valence-corrected chi connectivity index (χ4v) is 3.11. The standard InChI is InChI=1S/C16H18O5/c1-9-5-4-6-13(17)16(9)15(18)14-11(20-3)7-10(19-2)8-12(14)21-16/h4,6-9,13,17H,5H2,1-3H3/t9-,13+,16+/m1/s1. The first-order valence-electron chi connectivity index (χ1n) is 6.89. The molecule has 0 radical (unpaired) electrons. The molecule has 3 atom stereocenters. The number of Topliss-reactive ketones (excluding diaryl/α,β-unsaturated/α-hetero) is 1. The quantitative estimate of drug-likeness (QED) is 0.844. The highest BCUT2D eigenvalue weighted by Crippen LogP contribution is 2.49. The molecular weight excluding hydrogens is 272 g/mol. The summed E-state index contributed by atoms with van der Waals surface area (Å²) >= 11 is 0. The molecule has 1 aliphatic carbocycles. The Kier molecular flexibility index (Phi) is 3.17. The number of carbonyl (C=O) groups is 1. The van der Waals surface area contributed by atoms with Gasteiger partial charge in [0, 0.05) is 18.1 Å². The third-order valence-electron chi connectivity index (χ3n) is 4.34. The van der Waals surface area contributed by atoms with E-state index in [1.165, 1.54) is 14.2 Å². The van der Waals surface area contributed by atoms with Crippen molar-refractivity contribution in [2.75, 3.05) is 14.2 Å². The summed E-state index contributed by atoms with van der Waals surface area (Å²) in [5, 5.41) is 10.4. The van der Waals surface area contributed by atoms with Gasteiger partial charge >= 0.3 is 0 Å². The van der Waals surface area contributed by atoms with Crippen molar-refractivity contribution in [1.82, 2.24) is 0 Å². The van der Waals surface area contributed by atoms with Crippen LogP contribution in [0.3, 0.4) is 0 Å². The lowest BCUT2D eigenvalue weighted by Gasteiger charge is -2.38. The number of allylic oxidation sites excluding steroid dienone is 1. The van der Waals surface area contributed by atoms with Crippen LogP contribution < -0.4 is 14.2 Å². The fourth-order valence-electron chi connectivity index (χ4n) is 3.11. The van der Waals surface area contributed by atoms with E-state index in [0.29, 0.717) is 29.2 Å². The average molecular weight is 290 g/mol. The molecular formula is C16H18O5. The molecule has 0 fully saturated rings. The predicted octanol–water partition coefficient (Wildman–Crippen LogP) is 1.97. The summed E-state index contributed by atoms with van der Waals surface area (Å²) < 4.78 is 16.4. The molecule has 0 saturated heterocycles. The second-order valence-electron chi connectivity index (χ2n) is 5.44. The van der Waals surface area contributed by atoms with Crippen molar-refractivity contribution in [2.45, 2.75) is 25.0 Å². The predicted molar refractivity (Wildman–Crippen MR) is 76.2 cm³/mol. The van der Waals surface area contributed by atoms with Gasteiger partial charge in [0.15, 0.2) is 0 Å². The number of fused-ring (bicyclic) bond motifs is 1. The summed E-state index contributed by atoms with van der Waals surface area (Å²) in [4.78, 5) is 12.9. The van der Waals surface area contributed by atoms with E-state index >= 15 is 0 Å². The van der Waals surface area contributed by atoms with Crippen molar-refractivity contribution in [1.29, 1.82) is 0 Å². The Morgan fingerprint density at radius 2 is 2.10 bits per heavy atom. The average Bonchev–Trinajstić information content (AvgIpc) is 2.78. The highest BCUT2D eigenvalue weighted by atomic mass is 16.5. The summed E-state index contributed by atoms with van der Waals surface area (Å²) in [7, 11) is 3.03. The van der Waals surface area contributed by atoms with Crippen molar-refractivity contribution < 1.29 is 24.1 Å². The van der Waals surface area contributed by atoms with Crippen LogP contribution in [0.15, 0.2) is 24.3 Å². The molecule has 21 heavy (non-hydrogen) atoms. The molecule has 0 saturated carbocycles. The SMILES string of the molecule is COc1cc(OC)c2c(c1)O[C@@]1(C2=O)[C@H](C)CC=C[C@@H]1O. The molecule has 1 aromatic carbocycles. The number of aliphatic hydroxyl groups excluding tert-OH is 1. The summed E-state index contributed by atoms with van der Waals surface area (Å²) in [5.74, 6) is 0.982. The molecule has 1 aliphatic heterocycles. The van der Waals surface area contributed by atoms with Gasteiger partial charge in [-0.05, 0) is 6.42 Å². The molecule has 112 valence electrons. The summed E-state index contributed by atoms with van der Waals surface area (Å²) in [6.07, 6.45) is 3.19. The van der Waals surface area contributed by atoms with Crippen molar-refractivity contribution in [3.63, 3.8) is 0 Å². The Hall–Kier alpha value is -2.01. The van der Waals surface area contributed by atoms with E-state index in [1.807, 2.05) is 13.0 Å². The second kappa shape index (κ2) is 4.77. The number of rotatable bonds is 2. The normalized spacial score (nSPS) is 30.2. The van der Waals surface area contributed by atoms with E-state index in [9.17, 15) is 9.90 Å². The van der Waals surface area contributed by atoms with E-state index in [1.54, 1.807) is 18.2 Å². The summed E-state index contributed by atoms with van der Waals surface area (Å²) in [5.41, 5.74) is -0.893. The highest BCUT2D eigenvalue weighted by molar-refractivity contribution is 6.10. The topological polar surface area (TPSA) is 65.0 Å². The van der Waals surface area contributed by atoms with Crippen molar-refractivity contribution >= 4 is 5.78 Å². The third-order valence-corrected chi connectivity index (χ3v) is 4.34. The van der Waals surface area contributed by atoms with Crippen LogP contribution in [0.5, 0.6) is 17.2 Å². The van der Waals surface area contributed by atoms with E-state index in [2.05, 4.69) is 0 Å². The first-order chi connectivity index (χ1) is 10.0. The Labute approximate surface area is 123 Å². The first-order valence-corrected chi connectivity index (χ1v) is 6.89. The van der Waals surface area contributed by atoms with Crippen molar-refractivity contribution in [3.05, 3.63) is 29.8 Å². The van der Waals surface area contributed by atoms with E-state index in [4.69, 9.17) is 14.2 Å². The number of hydrogen-bond acceptors (Lipinski definition) is 5. The minimum Gasteiger partial charge on any atom is -0.496 e. The van der Waals surface area contributed by atoms with Gasteiger partial charge in [0.05, 0.1) is 14.2 Å². The Morgan fingerprint density at radius 1 is 1.33 bits per heavy atom. The number of ether oxygens (including phenoxy) is 3. The maximum absolute atomic E-state index is 12.9. The van der Waals surface area contributed by atoms with Crippen LogP contribution in [-0.2, 0) is 0 Å². The van der Waals surface area contributed by atoms with Crippen molar-refractivity contribution in [2.24, 2.45) is 5.92 Å². The molecule has 1 aromatic rings. The van der Waals surface area contributed by atoms with Crippen LogP contribution in [-0.4, -0.2) is 36.8 Å². The van der Waals surface area contributed by atoms with E-state index in [0.717, 1.165) is 0 Å². The Morgan fingerprint density at radius 3 is 2.71 bits per heavy atom. The smallest absolute Gasteiger partial charge is 0.217 e. The molecule has 1 N–H and O–H groups in total. The molecule has 0 aromatic heterocycles. The molecule has 0 bridgehead atoms. The fraction of sp³-hybridized carbons (Fsp3) is 0.438. The highest BCUT2D eigenvalue weighted by Gasteiger charge is 2.58. The van der Waals surface area contributed by atoms with Gasteiger partial charge in [-0.3, -0.25) is 4.79 Å². The molecule has 2 aliphatic rings. The Balaban J connectivity index is 2.16. The zero-order chi connectivity index (χ0) is 15.2. The molecule has 5 nitrogen and oxygen atoms in total. The molecule has 1 heterocycles. The Bertz CT molecular complexity index is 621. The van der Waals surface area contributed by atoms with E-state index < -0.39 is 11.7 Å². The molecule has 5 heteroatoms. The van der Waals surface area contributed by atoms with Gasteiger partial charge in [-0.25, -0.2) is 0 Å². The van der Waals surface area contributed by atoms with Crippen LogP contribution in [0.2, 0.25) is 0 Å². The molecule has 0 unspecified atom stereocenters. The minimum absolute atomic E-state index is 0.131. The van der Waals surface area contributed by atoms with Gasteiger partial charge in [-0.1, -0.05) is 19.1 Å². The van der Waals surface area contributed by atoms with Crippen LogP contribution in [0.25, 0.3) is 0 Å². The monoisotopic (exact) mass is 290 g/mol. The first kappa shape index (κ1) is 13.9. The largest absolute Gasteiger partial charge is 0.496 e. The molecule has 1 spiro atoms. The zero-order valence-electron chi connectivity index (χ0n) is 12.3. The lowest BCUT2D eigenvalue weighted by Crippen LogP contribution is -2.56. The van der Waals surface area contributed by atoms with Crippen LogP contribution >= 0.6 is 0 Å². The molecule has 3 rings (SSSR count). The van der Waals surface area contributed by atoms with E-state index in [-0.39, 0.29) is 11.7 Å². The van der Waals surface area contributed by atoms with Crippen molar-refractivity contribution in [3.8, 4) is 17.2 Å². The third kappa shape index (κ3) is 1.77. The zero-order valence-corrected chi connectivity index (χ0v) is 12.3. The number of ketones is 1. The number of methoxy groups -OCH3 is 2.